The van der Waals surface area contributed by atoms with Crippen molar-refractivity contribution in [3.8, 4) is 5.69 Å². The number of ether oxygens (including phenoxy) is 1. The van der Waals surface area contributed by atoms with Crippen LogP contribution in [0.5, 0.6) is 0 Å². The highest BCUT2D eigenvalue weighted by atomic mass is 32.2. The summed E-state index contributed by atoms with van der Waals surface area (Å²) in [6.45, 7) is 14.0. The second-order valence-corrected chi connectivity index (χ2v) is 12.7. The summed E-state index contributed by atoms with van der Waals surface area (Å²) in [5.74, 6) is 1.35. The number of aliphatic hydroxyl groups is 1. The first-order valence-corrected chi connectivity index (χ1v) is 15.4. The van der Waals surface area contributed by atoms with Gasteiger partial charge >= 0.3 is 0 Å². The second-order valence-electron chi connectivity index (χ2n) is 12.1. The van der Waals surface area contributed by atoms with Crippen LogP contribution >= 0.6 is 12.0 Å². The number of nitrogens with zero attached hydrogens (tertiary/aromatic N) is 2. The molecule has 2 aromatic carbocycles. The number of para-hydroxylation sites is 1. The van der Waals surface area contributed by atoms with E-state index in [1.807, 2.05) is 30.3 Å². The first-order chi connectivity index (χ1) is 19.4. The summed E-state index contributed by atoms with van der Waals surface area (Å²) < 4.78 is 16.1. The molecule has 7 nitrogen and oxygen atoms in total. The third-order valence-electron chi connectivity index (χ3n) is 7.56. The molecule has 1 amide bonds. The third-order valence-corrected chi connectivity index (χ3v) is 7.95. The van der Waals surface area contributed by atoms with Crippen LogP contribution in [0.15, 0.2) is 53.6 Å². The third kappa shape index (κ3) is 9.43. The molecule has 41 heavy (non-hydrogen) atoms. The van der Waals surface area contributed by atoms with Crippen LogP contribution in [0.4, 0.5) is 0 Å². The van der Waals surface area contributed by atoms with Gasteiger partial charge in [-0.05, 0) is 97.7 Å². The molecular weight excluding hydrogens is 534 g/mol. The highest BCUT2D eigenvalue weighted by Crippen LogP contribution is 2.32. The fourth-order valence-electron chi connectivity index (χ4n) is 5.35. The number of amides is 1. The predicted octanol–water partition coefficient (Wildman–Crippen LogP) is 6.99. The van der Waals surface area contributed by atoms with E-state index >= 15 is 0 Å². The average Bonchev–Trinajstić information content (AvgIpc) is 3.39. The maximum atomic E-state index is 11.5. The zero-order valence-corrected chi connectivity index (χ0v) is 26.2. The molecule has 224 valence electrons. The van der Waals surface area contributed by atoms with Crippen molar-refractivity contribution in [3.63, 3.8) is 0 Å². The largest absolute Gasteiger partial charge is 0.384 e. The molecule has 1 aromatic heterocycles. The zero-order chi connectivity index (χ0) is 30.2. The molecule has 0 saturated carbocycles. The maximum Gasteiger partial charge on any atom is 0.221 e. The number of rotatable bonds is 10. The molecule has 8 heteroatoms. The lowest BCUT2D eigenvalue weighted by Gasteiger charge is -2.24. The van der Waals surface area contributed by atoms with Crippen LogP contribution in [0.25, 0.3) is 5.69 Å². The Morgan fingerprint density at radius 1 is 1.07 bits per heavy atom. The minimum Gasteiger partial charge on any atom is -0.384 e. The van der Waals surface area contributed by atoms with E-state index in [1.165, 1.54) is 36.0 Å². The second kappa shape index (κ2) is 15.0. The van der Waals surface area contributed by atoms with Crippen molar-refractivity contribution in [3.05, 3.63) is 76.5 Å². The summed E-state index contributed by atoms with van der Waals surface area (Å²) in [7, 11) is 0. The van der Waals surface area contributed by atoms with E-state index in [2.05, 4.69) is 44.9 Å². The van der Waals surface area contributed by atoms with Gasteiger partial charge in [0.05, 0.1) is 17.8 Å². The van der Waals surface area contributed by atoms with Gasteiger partial charge in [-0.1, -0.05) is 58.0 Å². The topological polar surface area (TPSA) is 111 Å². The molecule has 0 unspecified atom stereocenters. The van der Waals surface area contributed by atoms with Gasteiger partial charge in [0, 0.05) is 25.3 Å². The molecule has 1 aliphatic rings. The van der Waals surface area contributed by atoms with Gasteiger partial charge in [0.15, 0.2) is 0 Å². The molecule has 4 rings (SSSR count). The Balaban J connectivity index is 0.000000239. The van der Waals surface area contributed by atoms with Gasteiger partial charge in [-0.3, -0.25) is 4.79 Å². The quantitative estimate of drug-likeness (QED) is 0.223. The Kier molecular flexibility index (Phi) is 12.0. The number of aryl methyl sites for hydroxylation is 1. The van der Waals surface area contributed by atoms with Crippen molar-refractivity contribution in [2.75, 3.05) is 13.2 Å². The molecule has 1 aliphatic heterocycles. The van der Waals surface area contributed by atoms with E-state index in [-0.39, 0.29) is 5.91 Å². The molecule has 4 N–H and O–H groups in total. The lowest BCUT2D eigenvalue weighted by atomic mass is 9.83. The number of benzene rings is 2. The molecule has 0 atom stereocenters. The van der Waals surface area contributed by atoms with Gasteiger partial charge < -0.3 is 20.1 Å². The number of hydrogen-bond donors (Lipinski definition) is 3. The molecule has 0 bridgehead atoms. The number of carbonyl (C=O) groups excluding carboxylic acids is 1. The molecule has 0 radical (unpaired) electrons. The Bertz CT molecular complexity index is 1230. The van der Waals surface area contributed by atoms with Crippen LogP contribution < -0.4 is 5.73 Å². The predicted molar refractivity (Wildman–Crippen MR) is 167 cm³/mol. The van der Waals surface area contributed by atoms with Crippen LogP contribution in [0.3, 0.4) is 0 Å². The van der Waals surface area contributed by atoms with Gasteiger partial charge in [-0.2, -0.15) is 5.10 Å². The smallest absolute Gasteiger partial charge is 0.221 e. The molecular formula is C33H47N3O4S. The van der Waals surface area contributed by atoms with E-state index in [9.17, 15) is 9.90 Å². The SMILES string of the molecule is CC(C)(O)c1cc(SO)nn1-c1ccccc1.CC(C)c1cc(CCC2CCOCC2)cc(C(C)C)c1CC(N)=O. The summed E-state index contributed by atoms with van der Waals surface area (Å²) in [5, 5.41) is 14.8. The van der Waals surface area contributed by atoms with Crippen molar-refractivity contribution in [1.82, 2.24) is 9.78 Å². The van der Waals surface area contributed by atoms with Gasteiger partial charge in [-0.25, -0.2) is 4.68 Å². The summed E-state index contributed by atoms with van der Waals surface area (Å²) in [5.41, 5.74) is 11.1. The maximum absolute atomic E-state index is 11.5. The average molecular weight is 582 g/mol. The molecule has 0 aliphatic carbocycles. The van der Waals surface area contributed by atoms with Gasteiger partial charge in [0.25, 0.3) is 0 Å². The highest BCUT2D eigenvalue weighted by Gasteiger charge is 2.24. The normalized spacial score (nSPS) is 14.3. The zero-order valence-electron chi connectivity index (χ0n) is 25.4. The van der Waals surface area contributed by atoms with Gasteiger partial charge in [0.2, 0.25) is 5.91 Å². The monoisotopic (exact) mass is 581 g/mol. The summed E-state index contributed by atoms with van der Waals surface area (Å²) in [4.78, 5) is 11.5. The van der Waals surface area contributed by atoms with Crippen LogP contribution in [-0.2, 0) is 28.0 Å². The van der Waals surface area contributed by atoms with Crippen LogP contribution in [0.2, 0.25) is 0 Å². The van der Waals surface area contributed by atoms with E-state index < -0.39 is 5.60 Å². The number of carbonyl (C=O) groups is 1. The summed E-state index contributed by atoms with van der Waals surface area (Å²) >= 11 is 0.572. The Morgan fingerprint density at radius 2 is 1.66 bits per heavy atom. The minimum atomic E-state index is -1.02. The van der Waals surface area contributed by atoms with Crippen LogP contribution in [0, 0.1) is 5.92 Å². The van der Waals surface area contributed by atoms with Gasteiger partial charge in [0.1, 0.15) is 10.6 Å². The van der Waals surface area contributed by atoms with E-state index in [0.717, 1.165) is 36.8 Å². The fourth-order valence-corrected chi connectivity index (χ4v) is 5.63. The Morgan fingerprint density at radius 3 is 2.15 bits per heavy atom. The molecule has 3 aromatic rings. The number of hydrogen-bond acceptors (Lipinski definition) is 6. The van der Waals surface area contributed by atoms with Gasteiger partial charge in [-0.15, -0.1) is 0 Å². The Labute approximate surface area is 249 Å². The summed E-state index contributed by atoms with van der Waals surface area (Å²) in [6.07, 6.45) is 5.07. The first kappa shape index (κ1) is 32.9. The molecule has 2 heterocycles. The standard InChI is InChI=1S/C21H33NO2.C12H14N2O2S/c1-14(2)18-11-17(6-5-16-7-9-24-10-8-16)12-19(15(3)4)20(18)13-21(22)23;1-12(2,15)10-8-11(17-16)13-14(10)9-6-4-3-5-7-9/h11-12,14-16H,5-10,13H2,1-4H3,(H2,22,23);3-8,15-16H,1-2H3. The molecule has 1 saturated heterocycles. The Hall–Kier alpha value is -2.65. The van der Waals surface area contributed by atoms with E-state index in [4.69, 9.17) is 15.0 Å². The number of aromatic nitrogens is 2. The van der Waals surface area contributed by atoms with E-state index in [1.54, 1.807) is 24.6 Å². The van der Waals surface area contributed by atoms with Crippen molar-refractivity contribution in [2.45, 2.75) is 96.1 Å². The molecule has 1 fully saturated rings. The lowest BCUT2D eigenvalue weighted by Crippen LogP contribution is -2.20. The minimum absolute atomic E-state index is 0.242. The van der Waals surface area contributed by atoms with Crippen molar-refractivity contribution in [2.24, 2.45) is 11.7 Å². The van der Waals surface area contributed by atoms with Crippen molar-refractivity contribution >= 4 is 17.9 Å². The first-order valence-electron chi connectivity index (χ1n) is 14.6. The van der Waals surface area contributed by atoms with E-state index in [0.29, 0.717) is 41.0 Å². The van der Waals surface area contributed by atoms with Crippen LogP contribution in [0.1, 0.15) is 101 Å². The van der Waals surface area contributed by atoms with Crippen LogP contribution in [-0.4, -0.2) is 38.6 Å². The fraction of sp³-hybridized carbons (Fsp3) is 0.515. The van der Waals surface area contributed by atoms with Crippen molar-refractivity contribution in [1.29, 1.82) is 0 Å². The number of nitrogens with two attached hydrogens (primary N) is 1. The number of primary amides is 1. The van der Waals surface area contributed by atoms with Crippen molar-refractivity contribution < 1.29 is 19.2 Å². The highest BCUT2D eigenvalue weighted by molar-refractivity contribution is 7.93. The summed E-state index contributed by atoms with van der Waals surface area (Å²) in [6, 6.07) is 15.8. The molecule has 0 spiro atoms. The lowest BCUT2D eigenvalue weighted by molar-refractivity contribution is -0.117.